The molecular weight excluding hydrogens is 163 g/mol. The summed E-state index contributed by atoms with van der Waals surface area (Å²) < 4.78 is 4.59. The molecule has 0 aromatic carbocycles. The van der Waals surface area contributed by atoms with Crippen molar-refractivity contribution in [2.24, 2.45) is 0 Å². The number of hydrogen-bond donors (Lipinski definition) is 0. The van der Waals surface area contributed by atoms with Gasteiger partial charge in [-0.25, -0.2) is 0 Å². The third-order valence-corrected chi connectivity index (χ3v) is 1.36. The van der Waals surface area contributed by atoms with Gasteiger partial charge in [-0.15, -0.1) is 9.24 Å². The van der Waals surface area contributed by atoms with Crippen molar-refractivity contribution >= 4 is 21.0 Å². The van der Waals surface area contributed by atoms with Gasteiger partial charge in [-0.2, -0.15) is 0 Å². The summed E-state index contributed by atoms with van der Waals surface area (Å²) in [5.41, 5.74) is 0. The summed E-state index contributed by atoms with van der Waals surface area (Å²) in [4.78, 5) is 21.5. The number of ketones is 1. The fraction of sp³-hybridized carbons (Fsp3) is 0.714. The summed E-state index contributed by atoms with van der Waals surface area (Å²) in [6, 6.07) is 0. The number of rotatable bonds is 5. The van der Waals surface area contributed by atoms with Crippen molar-refractivity contribution in [2.45, 2.75) is 19.8 Å². The van der Waals surface area contributed by atoms with E-state index in [2.05, 4.69) is 14.0 Å². The minimum Gasteiger partial charge on any atom is -0.466 e. The molecule has 0 fully saturated rings. The molecule has 0 aliphatic carbocycles. The lowest BCUT2D eigenvalue weighted by molar-refractivity contribution is -0.145. The quantitative estimate of drug-likeness (QED) is 0.353. The van der Waals surface area contributed by atoms with Crippen molar-refractivity contribution < 1.29 is 14.3 Å². The van der Waals surface area contributed by atoms with Crippen LogP contribution in [0.2, 0.25) is 0 Å². The zero-order chi connectivity index (χ0) is 8.69. The Morgan fingerprint density at radius 2 is 2.09 bits per heavy atom. The monoisotopic (exact) mass is 176 g/mol. The second kappa shape index (κ2) is 6.29. The van der Waals surface area contributed by atoms with E-state index >= 15 is 0 Å². The molecular formula is C7H13O3P. The molecule has 1 atom stereocenters. The third kappa shape index (κ3) is 5.99. The van der Waals surface area contributed by atoms with Gasteiger partial charge in [0.15, 0.2) is 0 Å². The van der Waals surface area contributed by atoms with Gasteiger partial charge in [-0.3, -0.25) is 9.59 Å². The lowest BCUT2D eigenvalue weighted by Gasteiger charge is -1.98. The molecule has 0 amide bonds. The number of carbonyl (C=O) groups is 2. The van der Waals surface area contributed by atoms with Gasteiger partial charge in [0.1, 0.15) is 12.2 Å². The van der Waals surface area contributed by atoms with Crippen LogP contribution in [0.25, 0.3) is 0 Å². The summed E-state index contributed by atoms with van der Waals surface area (Å²) in [7, 11) is 2.44. The highest BCUT2D eigenvalue weighted by molar-refractivity contribution is 7.16. The highest BCUT2D eigenvalue weighted by Crippen LogP contribution is 1.95. The average Bonchev–Trinajstić information content (AvgIpc) is 1.87. The highest BCUT2D eigenvalue weighted by atomic mass is 31.0. The van der Waals surface area contributed by atoms with E-state index in [-0.39, 0.29) is 12.2 Å². The minimum atomic E-state index is -0.420. The zero-order valence-corrected chi connectivity index (χ0v) is 7.79. The van der Waals surface area contributed by atoms with E-state index in [1.54, 1.807) is 6.92 Å². The molecule has 0 aromatic rings. The summed E-state index contributed by atoms with van der Waals surface area (Å²) in [6.45, 7) is 2.06. The molecule has 0 radical (unpaired) electrons. The zero-order valence-electron chi connectivity index (χ0n) is 6.63. The number of Topliss-reactive ketones (excluding diaryl/α,β-unsaturated/α-hetero) is 1. The minimum absolute atomic E-state index is 0.0570. The first kappa shape index (κ1) is 10.6. The molecule has 0 saturated heterocycles. The van der Waals surface area contributed by atoms with E-state index < -0.39 is 5.97 Å². The van der Waals surface area contributed by atoms with Gasteiger partial charge in [-0.1, -0.05) is 0 Å². The predicted octanol–water partition coefficient (Wildman–Crippen LogP) is 0.774. The smallest absolute Gasteiger partial charge is 0.313 e. The molecule has 3 nitrogen and oxygen atoms in total. The number of hydrogen-bond acceptors (Lipinski definition) is 3. The molecule has 0 heterocycles. The topological polar surface area (TPSA) is 43.4 Å². The molecule has 64 valence electrons. The van der Waals surface area contributed by atoms with Crippen LogP contribution in [0.5, 0.6) is 0 Å². The normalized spacial score (nSPS) is 9.27. The van der Waals surface area contributed by atoms with Crippen molar-refractivity contribution in [3.8, 4) is 0 Å². The molecule has 0 bridgehead atoms. The molecule has 0 saturated carbocycles. The number of esters is 1. The third-order valence-electron chi connectivity index (χ3n) is 1.07. The van der Waals surface area contributed by atoms with E-state index in [4.69, 9.17) is 0 Å². The van der Waals surface area contributed by atoms with Crippen molar-refractivity contribution in [2.75, 3.05) is 12.8 Å². The molecule has 0 aliphatic rings. The largest absolute Gasteiger partial charge is 0.466 e. The van der Waals surface area contributed by atoms with Crippen LogP contribution in [0.3, 0.4) is 0 Å². The van der Waals surface area contributed by atoms with E-state index in [1.807, 2.05) is 0 Å². The molecule has 11 heavy (non-hydrogen) atoms. The van der Waals surface area contributed by atoms with Gasteiger partial charge in [0.05, 0.1) is 6.61 Å². The van der Waals surface area contributed by atoms with E-state index in [9.17, 15) is 9.59 Å². The first-order chi connectivity index (χ1) is 5.20. The second-order valence-corrected chi connectivity index (χ2v) is 2.64. The van der Waals surface area contributed by atoms with Gasteiger partial charge in [0.2, 0.25) is 0 Å². The Morgan fingerprint density at radius 3 is 2.55 bits per heavy atom. The van der Waals surface area contributed by atoms with Crippen LogP contribution in [0.1, 0.15) is 19.8 Å². The van der Waals surface area contributed by atoms with Gasteiger partial charge < -0.3 is 4.74 Å². The molecule has 1 unspecified atom stereocenters. The van der Waals surface area contributed by atoms with Crippen molar-refractivity contribution in [1.29, 1.82) is 0 Å². The Labute approximate surface area is 68.7 Å². The van der Waals surface area contributed by atoms with Gasteiger partial charge >= 0.3 is 5.97 Å². The summed E-state index contributed by atoms with van der Waals surface area (Å²) in [6.07, 6.45) is 1.06. The maximum atomic E-state index is 10.8. The summed E-state index contributed by atoms with van der Waals surface area (Å²) in [5, 5.41) is 0. The maximum Gasteiger partial charge on any atom is 0.313 e. The van der Waals surface area contributed by atoms with Gasteiger partial charge in [0, 0.05) is 6.42 Å². The van der Waals surface area contributed by atoms with E-state index in [0.717, 1.165) is 0 Å². The maximum absolute atomic E-state index is 10.8. The predicted molar refractivity (Wildman–Crippen MR) is 45.5 cm³/mol. The van der Waals surface area contributed by atoms with Gasteiger partial charge in [0.25, 0.3) is 0 Å². The average molecular weight is 176 g/mol. The Balaban J connectivity index is 3.49. The lowest BCUT2D eigenvalue weighted by atomic mass is 10.2. The van der Waals surface area contributed by atoms with Crippen molar-refractivity contribution in [1.82, 2.24) is 0 Å². The van der Waals surface area contributed by atoms with Crippen LogP contribution in [-0.2, 0) is 14.3 Å². The molecule has 4 heteroatoms. The summed E-state index contributed by atoms with van der Waals surface area (Å²) >= 11 is 0. The van der Waals surface area contributed by atoms with E-state index in [1.165, 1.54) is 0 Å². The van der Waals surface area contributed by atoms with Crippen LogP contribution in [0.15, 0.2) is 0 Å². The fourth-order valence-corrected chi connectivity index (χ4v) is 0.944. The van der Waals surface area contributed by atoms with Crippen LogP contribution < -0.4 is 0 Å². The molecule has 0 spiro atoms. The van der Waals surface area contributed by atoms with Crippen LogP contribution in [0.4, 0.5) is 0 Å². The Bertz CT molecular complexity index is 129. The molecule has 0 rings (SSSR count). The lowest BCUT2D eigenvalue weighted by Crippen LogP contribution is -2.11. The number of carbonyl (C=O) groups excluding carboxylic acids is 2. The molecule has 0 aromatic heterocycles. The Hall–Kier alpha value is -0.430. The SMILES string of the molecule is CCOC(=O)CC(=O)CCP. The Morgan fingerprint density at radius 1 is 1.45 bits per heavy atom. The standard InChI is InChI=1S/C7H13O3P/c1-2-10-7(9)5-6(8)3-4-11/h2-5,11H2,1H3. The summed E-state index contributed by atoms with van der Waals surface area (Å²) in [5.74, 6) is -0.477. The van der Waals surface area contributed by atoms with E-state index in [0.29, 0.717) is 19.2 Å². The molecule has 0 aliphatic heterocycles. The Kier molecular flexibility index (Phi) is 6.05. The first-order valence-electron chi connectivity index (χ1n) is 3.58. The number of ether oxygens (including phenoxy) is 1. The van der Waals surface area contributed by atoms with Crippen LogP contribution >= 0.6 is 9.24 Å². The molecule has 0 N–H and O–H groups in total. The van der Waals surface area contributed by atoms with Crippen LogP contribution in [0, 0.1) is 0 Å². The van der Waals surface area contributed by atoms with Crippen molar-refractivity contribution in [3.63, 3.8) is 0 Å². The van der Waals surface area contributed by atoms with Gasteiger partial charge in [-0.05, 0) is 13.1 Å². The highest BCUT2D eigenvalue weighted by Gasteiger charge is 2.08. The van der Waals surface area contributed by atoms with Crippen molar-refractivity contribution in [3.05, 3.63) is 0 Å². The first-order valence-corrected chi connectivity index (χ1v) is 4.39. The second-order valence-electron chi connectivity index (χ2n) is 2.06. The van der Waals surface area contributed by atoms with Crippen LogP contribution in [-0.4, -0.2) is 24.5 Å². The fourth-order valence-electron chi connectivity index (χ4n) is 0.622.